The van der Waals surface area contributed by atoms with Crippen molar-refractivity contribution < 1.29 is 8.98 Å². The number of H-pyrrole nitrogens is 1. The molecule has 0 saturated carbocycles. The van der Waals surface area contributed by atoms with Crippen LogP contribution in [0.1, 0.15) is 10.4 Å². The summed E-state index contributed by atoms with van der Waals surface area (Å²) >= 11 is 1.14. The molecule has 0 saturated heterocycles. The second kappa shape index (κ2) is 7.42. The molecule has 0 bridgehead atoms. The zero-order valence-corrected chi connectivity index (χ0v) is 13.1. The Bertz CT molecular complexity index is 882. The van der Waals surface area contributed by atoms with E-state index in [9.17, 15) is 9.59 Å². The van der Waals surface area contributed by atoms with E-state index in [0.29, 0.717) is 11.6 Å². The van der Waals surface area contributed by atoms with Crippen LogP contribution < -0.4 is 15.1 Å². The quantitative estimate of drug-likeness (QED) is 0.693. The highest BCUT2D eigenvalue weighted by atomic mass is 32.2. The highest BCUT2D eigenvalue weighted by molar-refractivity contribution is 7.95. The van der Waals surface area contributed by atoms with Gasteiger partial charge in [-0.3, -0.25) is 9.59 Å². The maximum Gasteiger partial charge on any atom is 0.261 e. The van der Waals surface area contributed by atoms with Crippen LogP contribution in [-0.2, 0) is 0 Å². The number of hydrogen-bond donors (Lipinski definition) is 2. The Kier molecular flexibility index (Phi) is 4.87. The molecule has 0 unspecified atom stereocenters. The highest BCUT2D eigenvalue weighted by Gasteiger charge is 2.09. The molecule has 0 spiro atoms. The van der Waals surface area contributed by atoms with Crippen molar-refractivity contribution in [3.05, 3.63) is 77.1 Å². The molecule has 0 fully saturated rings. The lowest BCUT2D eigenvalue weighted by Gasteiger charge is -2.06. The molecule has 3 rings (SSSR count). The number of aromatic nitrogens is 3. The minimum Gasteiger partial charge on any atom is -0.401 e. The molecule has 0 radical (unpaired) electrons. The molecule has 2 N–H and O–H groups in total. The van der Waals surface area contributed by atoms with E-state index in [0.717, 1.165) is 16.9 Å². The molecular formula is C16H12N4O3S. The van der Waals surface area contributed by atoms with E-state index in [-0.39, 0.29) is 5.56 Å². The number of carbonyl (C=O) groups is 1. The summed E-state index contributed by atoms with van der Waals surface area (Å²) in [6, 6.07) is 11.7. The predicted molar refractivity (Wildman–Crippen MR) is 90.0 cm³/mol. The SMILES string of the molecule is O=C(Nc1ccc(SOc2ccncn2)cc1)c1ccc[nH]c1=O. The number of rotatable bonds is 5. The first-order valence-electron chi connectivity index (χ1n) is 6.92. The molecule has 8 heteroatoms. The van der Waals surface area contributed by atoms with Gasteiger partial charge in [-0.15, -0.1) is 0 Å². The Morgan fingerprint density at radius 2 is 2.00 bits per heavy atom. The first-order chi connectivity index (χ1) is 11.7. The number of anilines is 1. The average molecular weight is 340 g/mol. The van der Waals surface area contributed by atoms with Crippen LogP contribution in [0.5, 0.6) is 5.88 Å². The Morgan fingerprint density at radius 1 is 1.17 bits per heavy atom. The lowest BCUT2D eigenvalue weighted by atomic mass is 10.2. The van der Waals surface area contributed by atoms with E-state index >= 15 is 0 Å². The van der Waals surface area contributed by atoms with Crippen molar-refractivity contribution in [3.63, 3.8) is 0 Å². The Hall–Kier alpha value is -3.13. The number of benzene rings is 1. The van der Waals surface area contributed by atoms with Crippen molar-refractivity contribution in [1.29, 1.82) is 0 Å². The van der Waals surface area contributed by atoms with E-state index in [1.165, 1.54) is 18.6 Å². The second-order valence-electron chi connectivity index (χ2n) is 4.61. The van der Waals surface area contributed by atoms with E-state index in [1.54, 1.807) is 42.6 Å². The summed E-state index contributed by atoms with van der Waals surface area (Å²) in [6.45, 7) is 0. The van der Waals surface area contributed by atoms with Crippen molar-refractivity contribution in [3.8, 4) is 5.88 Å². The third-order valence-electron chi connectivity index (χ3n) is 2.95. The normalized spacial score (nSPS) is 10.2. The van der Waals surface area contributed by atoms with Crippen molar-refractivity contribution in [2.24, 2.45) is 0 Å². The first-order valence-corrected chi connectivity index (χ1v) is 7.66. The number of nitrogens with one attached hydrogen (secondary N) is 2. The fourth-order valence-corrected chi connectivity index (χ4v) is 2.34. The molecule has 0 aliphatic heterocycles. The van der Waals surface area contributed by atoms with E-state index in [1.807, 2.05) is 0 Å². The Balaban J connectivity index is 1.61. The Morgan fingerprint density at radius 3 is 2.71 bits per heavy atom. The zero-order chi connectivity index (χ0) is 16.8. The topological polar surface area (TPSA) is 97.0 Å². The summed E-state index contributed by atoms with van der Waals surface area (Å²) in [5, 5.41) is 2.67. The second-order valence-corrected chi connectivity index (χ2v) is 5.41. The molecule has 7 nitrogen and oxygen atoms in total. The number of carbonyl (C=O) groups excluding carboxylic acids is 1. The van der Waals surface area contributed by atoms with Gasteiger partial charge in [-0.1, -0.05) is 0 Å². The fourth-order valence-electron chi connectivity index (χ4n) is 1.81. The molecule has 1 aromatic carbocycles. The van der Waals surface area contributed by atoms with Gasteiger partial charge in [0.1, 0.15) is 11.9 Å². The molecule has 0 atom stereocenters. The van der Waals surface area contributed by atoms with Crippen LogP contribution in [0.4, 0.5) is 5.69 Å². The maximum atomic E-state index is 12.1. The van der Waals surface area contributed by atoms with Gasteiger partial charge in [0.05, 0.1) is 12.0 Å². The van der Waals surface area contributed by atoms with Crippen molar-refractivity contribution in [2.75, 3.05) is 5.32 Å². The molecule has 120 valence electrons. The number of amides is 1. The smallest absolute Gasteiger partial charge is 0.261 e. The zero-order valence-electron chi connectivity index (χ0n) is 12.3. The van der Waals surface area contributed by atoms with Crippen LogP contribution >= 0.6 is 12.0 Å². The monoisotopic (exact) mass is 340 g/mol. The summed E-state index contributed by atoms with van der Waals surface area (Å²) in [6.07, 6.45) is 4.47. The van der Waals surface area contributed by atoms with Gasteiger partial charge in [-0.05, 0) is 36.4 Å². The van der Waals surface area contributed by atoms with Gasteiger partial charge in [0.25, 0.3) is 11.5 Å². The van der Waals surface area contributed by atoms with Crippen LogP contribution in [0.3, 0.4) is 0 Å². The Labute approximate surface area is 141 Å². The van der Waals surface area contributed by atoms with E-state index < -0.39 is 11.5 Å². The van der Waals surface area contributed by atoms with Crippen LogP contribution in [0.2, 0.25) is 0 Å². The van der Waals surface area contributed by atoms with Crippen LogP contribution in [0.15, 0.2) is 70.9 Å². The number of aromatic amines is 1. The number of pyridine rings is 1. The summed E-state index contributed by atoms with van der Waals surface area (Å²) in [4.78, 5) is 34.7. The minimum atomic E-state index is -0.463. The molecule has 3 aromatic rings. The fraction of sp³-hybridized carbons (Fsp3) is 0. The first kappa shape index (κ1) is 15.8. The van der Waals surface area contributed by atoms with Crippen molar-refractivity contribution >= 4 is 23.6 Å². The van der Waals surface area contributed by atoms with Gasteiger partial charge >= 0.3 is 0 Å². The van der Waals surface area contributed by atoms with Crippen LogP contribution in [0, 0.1) is 0 Å². The summed E-state index contributed by atoms with van der Waals surface area (Å²) in [5.74, 6) is -0.00910. The van der Waals surface area contributed by atoms with Crippen LogP contribution in [0.25, 0.3) is 0 Å². The van der Waals surface area contributed by atoms with E-state index in [4.69, 9.17) is 4.18 Å². The number of hydrogen-bond acceptors (Lipinski definition) is 6. The van der Waals surface area contributed by atoms with Gasteiger partial charge in [0.2, 0.25) is 5.88 Å². The van der Waals surface area contributed by atoms with Crippen molar-refractivity contribution in [2.45, 2.75) is 4.90 Å². The molecule has 1 amide bonds. The minimum absolute atomic E-state index is 0.0584. The lowest BCUT2D eigenvalue weighted by molar-refractivity contribution is 0.102. The van der Waals surface area contributed by atoms with Crippen LogP contribution in [-0.4, -0.2) is 20.9 Å². The molecule has 2 aromatic heterocycles. The maximum absolute atomic E-state index is 12.1. The molecule has 2 heterocycles. The van der Waals surface area contributed by atoms with Gasteiger partial charge in [-0.25, -0.2) is 9.97 Å². The standard InChI is InChI=1S/C16H12N4O3S/c21-15-13(2-1-8-18-15)16(22)20-11-3-5-12(6-4-11)24-23-14-7-9-17-10-19-14/h1-10H,(H,18,21)(H,20,22). The third kappa shape index (κ3) is 3.99. The lowest BCUT2D eigenvalue weighted by Crippen LogP contribution is -2.22. The summed E-state index contributed by atoms with van der Waals surface area (Å²) < 4.78 is 5.43. The van der Waals surface area contributed by atoms with E-state index in [2.05, 4.69) is 20.3 Å². The molecule has 24 heavy (non-hydrogen) atoms. The third-order valence-corrected chi connectivity index (χ3v) is 3.67. The highest BCUT2D eigenvalue weighted by Crippen LogP contribution is 2.23. The predicted octanol–water partition coefficient (Wildman–Crippen LogP) is 2.50. The largest absolute Gasteiger partial charge is 0.401 e. The van der Waals surface area contributed by atoms with Gasteiger partial charge in [-0.2, -0.15) is 0 Å². The van der Waals surface area contributed by atoms with Gasteiger partial charge in [0.15, 0.2) is 0 Å². The number of nitrogens with zero attached hydrogens (tertiary/aromatic N) is 2. The van der Waals surface area contributed by atoms with Crippen molar-refractivity contribution in [1.82, 2.24) is 15.0 Å². The molecule has 0 aliphatic carbocycles. The average Bonchev–Trinajstić information content (AvgIpc) is 2.62. The van der Waals surface area contributed by atoms with Gasteiger partial charge in [0, 0.05) is 29.0 Å². The summed E-state index contributed by atoms with van der Waals surface area (Å²) in [7, 11) is 0. The van der Waals surface area contributed by atoms with Gasteiger partial charge < -0.3 is 14.5 Å². The summed E-state index contributed by atoms with van der Waals surface area (Å²) in [5.41, 5.74) is 0.207. The molecule has 0 aliphatic rings. The molecular weight excluding hydrogens is 328 g/mol.